The van der Waals surface area contributed by atoms with Crippen LogP contribution in [0.4, 0.5) is 4.39 Å². The van der Waals surface area contributed by atoms with Gasteiger partial charge in [-0.25, -0.2) is 4.39 Å². The normalized spacial score (nSPS) is 10.7. The number of hydroxylamine groups is 2. The Morgan fingerprint density at radius 2 is 2.00 bits per heavy atom. The van der Waals surface area contributed by atoms with E-state index in [1.165, 1.54) is 19.2 Å². The van der Waals surface area contributed by atoms with Gasteiger partial charge in [-0.15, -0.1) is 0 Å². The third-order valence-corrected chi connectivity index (χ3v) is 1.33. The zero-order chi connectivity index (χ0) is 8.97. The maximum absolute atomic E-state index is 12.4. The van der Waals surface area contributed by atoms with Gasteiger partial charge < -0.3 is 0 Å². The zero-order valence-electron chi connectivity index (χ0n) is 6.70. The van der Waals surface area contributed by atoms with Crippen molar-refractivity contribution >= 4 is 0 Å². The lowest BCUT2D eigenvalue weighted by Crippen LogP contribution is -2.12. The van der Waals surface area contributed by atoms with E-state index < -0.39 is 0 Å². The van der Waals surface area contributed by atoms with Crippen LogP contribution in [-0.4, -0.2) is 17.5 Å². The Balaban J connectivity index is 2.48. The molecule has 0 aromatic heterocycles. The molecule has 4 heteroatoms. The van der Waals surface area contributed by atoms with Crippen LogP contribution in [0.25, 0.3) is 0 Å². The highest BCUT2D eigenvalue weighted by atomic mass is 19.1. The molecule has 0 spiro atoms. The first-order valence-electron chi connectivity index (χ1n) is 3.48. The van der Waals surface area contributed by atoms with Gasteiger partial charge in [-0.2, -0.15) is 0 Å². The first-order valence-corrected chi connectivity index (χ1v) is 3.48. The minimum Gasteiger partial charge on any atom is -0.290 e. The minimum atomic E-state index is -0.281. The monoisotopic (exact) mass is 171 g/mol. The van der Waals surface area contributed by atoms with Crippen molar-refractivity contribution in [2.45, 2.75) is 6.61 Å². The molecule has 0 radical (unpaired) electrons. The first-order chi connectivity index (χ1) is 5.68. The second kappa shape index (κ2) is 4.15. The summed E-state index contributed by atoms with van der Waals surface area (Å²) in [4.78, 5) is 4.73. The Labute approximate surface area is 69.9 Å². The smallest absolute Gasteiger partial charge is 0.123 e. The van der Waals surface area contributed by atoms with Crippen molar-refractivity contribution in [1.29, 1.82) is 0 Å². The van der Waals surface area contributed by atoms with Gasteiger partial charge in [0, 0.05) is 7.05 Å². The molecular weight excluding hydrogens is 161 g/mol. The van der Waals surface area contributed by atoms with Crippen molar-refractivity contribution in [1.82, 2.24) is 5.23 Å². The van der Waals surface area contributed by atoms with Crippen LogP contribution in [0, 0.1) is 5.82 Å². The summed E-state index contributed by atoms with van der Waals surface area (Å²) in [5, 5.41) is 9.22. The lowest BCUT2D eigenvalue weighted by atomic mass is 10.2. The molecule has 0 saturated carbocycles. The molecule has 0 heterocycles. The van der Waals surface area contributed by atoms with Gasteiger partial charge in [-0.05, 0) is 17.7 Å². The van der Waals surface area contributed by atoms with Crippen LogP contribution in [0.15, 0.2) is 24.3 Å². The van der Waals surface area contributed by atoms with Crippen LogP contribution in [0.1, 0.15) is 5.56 Å². The minimum absolute atomic E-state index is 0.229. The molecule has 0 aliphatic rings. The number of nitrogens with zero attached hydrogens (tertiary/aromatic N) is 1. The van der Waals surface area contributed by atoms with E-state index in [4.69, 9.17) is 10.0 Å². The number of halogens is 1. The zero-order valence-corrected chi connectivity index (χ0v) is 6.70. The lowest BCUT2D eigenvalue weighted by Gasteiger charge is -2.07. The molecule has 0 amide bonds. The Kier molecular flexibility index (Phi) is 3.16. The molecule has 0 unspecified atom stereocenters. The van der Waals surface area contributed by atoms with Gasteiger partial charge in [0.1, 0.15) is 5.82 Å². The fraction of sp³-hybridized carbons (Fsp3) is 0.250. The van der Waals surface area contributed by atoms with Crippen LogP contribution >= 0.6 is 0 Å². The molecule has 0 fully saturated rings. The molecule has 0 aliphatic carbocycles. The maximum atomic E-state index is 12.4. The predicted molar refractivity (Wildman–Crippen MR) is 40.7 cm³/mol. The molecule has 0 atom stereocenters. The number of rotatable bonds is 3. The molecule has 0 aliphatic heterocycles. The Morgan fingerprint density at radius 3 is 2.50 bits per heavy atom. The van der Waals surface area contributed by atoms with Crippen molar-refractivity contribution in [3.05, 3.63) is 35.6 Å². The third kappa shape index (κ3) is 2.96. The van der Waals surface area contributed by atoms with Crippen LogP contribution in [0.3, 0.4) is 0 Å². The van der Waals surface area contributed by atoms with Gasteiger partial charge in [0.2, 0.25) is 0 Å². The standard InChI is InChI=1S/C8H10FNO2/c1-10(11)12-6-7-2-4-8(9)5-3-7/h2-5,11H,6H2,1H3. The molecule has 12 heavy (non-hydrogen) atoms. The van der Waals surface area contributed by atoms with Crippen LogP contribution in [-0.2, 0) is 11.4 Å². The highest BCUT2D eigenvalue weighted by Gasteiger charge is 1.95. The summed E-state index contributed by atoms with van der Waals surface area (Å²) < 4.78 is 12.4. The number of hydrogen-bond acceptors (Lipinski definition) is 3. The van der Waals surface area contributed by atoms with E-state index in [9.17, 15) is 4.39 Å². The van der Waals surface area contributed by atoms with Crippen molar-refractivity contribution in [2.75, 3.05) is 7.05 Å². The summed E-state index contributed by atoms with van der Waals surface area (Å²) in [6, 6.07) is 5.88. The molecule has 0 saturated heterocycles. The van der Waals surface area contributed by atoms with Gasteiger partial charge in [-0.1, -0.05) is 17.4 Å². The molecule has 1 N–H and O–H groups in total. The number of benzene rings is 1. The Bertz CT molecular complexity index is 235. The lowest BCUT2D eigenvalue weighted by molar-refractivity contribution is -0.330. The summed E-state index contributed by atoms with van der Waals surface area (Å²) >= 11 is 0. The quantitative estimate of drug-likeness (QED) is 0.701. The summed E-state index contributed by atoms with van der Waals surface area (Å²) in [5.74, 6) is -0.281. The predicted octanol–water partition coefficient (Wildman–Crippen LogP) is 1.58. The highest BCUT2D eigenvalue weighted by molar-refractivity contribution is 5.14. The Hall–Kier alpha value is -0.970. The maximum Gasteiger partial charge on any atom is 0.123 e. The first kappa shape index (κ1) is 9.12. The van der Waals surface area contributed by atoms with Crippen LogP contribution in [0.5, 0.6) is 0 Å². The SMILES string of the molecule is CN(O)OCc1ccc(F)cc1. The summed E-state index contributed by atoms with van der Waals surface area (Å²) in [7, 11) is 1.36. The summed E-state index contributed by atoms with van der Waals surface area (Å²) in [6.45, 7) is 0.229. The topological polar surface area (TPSA) is 32.7 Å². The fourth-order valence-corrected chi connectivity index (χ4v) is 0.749. The molecule has 1 rings (SSSR count). The molecule has 3 nitrogen and oxygen atoms in total. The van der Waals surface area contributed by atoms with E-state index in [-0.39, 0.29) is 12.4 Å². The van der Waals surface area contributed by atoms with E-state index in [0.717, 1.165) is 5.56 Å². The fourth-order valence-electron chi connectivity index (χ4n) is 0.749. The van der Waals surface area contributed by atoms with Crippen molar-refractivity contribution in [3.63, 3.8) is 0 Å². The van der Waals surface area contributed by atoms with Crippen molar-refractivity contribution in [2.24, 2.45) is 0 Å². The van der Waals surface area contributed by atoms with Crippen LogP contribution in [0.2, 0.25) is 0 Å². The molecule has 0 bridgehead atoms. The van der Waals surface area contributed by atoms with Gasteiger partial charge >= 0.3 is 0 Å². The van der Waals surface area contributed by atoms with Crippen LogP contribution < -0.4 is 0 Å². The molecule has 1 aromatic rings. The van der Waals surface area contributed by atoms with E-state index in [1.807, 2.05) is 0 Å². The number of hydrogen-bond donors (Lipinski definition) is 1. The molecule has 1 aromatic carbocycles. The van der Waals surface area contributed by atoms with Gasteiger partial charge in [0.15, 0.2) is 0 Å². The third-order valence-electron chi connectivity index (χ3n) is 1.33. The largest absolute Gasteiger partial charge is 0.290 e. The van der Waals surface area contributed by atoms with E-state index in [0.29, 0.717) is 5.23 Å². The van der Waals surface area contributed by atoms with Crippen molar-refractivity contribution < 1.29 is 14.4 Å². The molecular formula is C8H10FNO2. The second-order valence-corrected chi connectivity index (χ2v) is 2.36. The van der Waals surface area contributed by atoms with E-state index in [1.54, 1.807) is 12.1 Å². The average Bonchev–Trinajstić information content (AvgIpc) is 2.03. The molecule has 66 valence electrons. The van der Waals surface area contributed by atoms with Gasteiger partial charge in [0.05, 0.1) is 6.61 Å². The summed E-state index contributed by atoms with van der Waals surface area (Å²) in [5.41, 5.74) is 0.803. The Morgan fingerprint density at radius 1 is 1.42 bits per heavy atom. The van der Waals surface area contributed by atoms with Gasteiger partial charge in [0.25, 0.3) is 0 Å². The van der Waals surface area contributed by atoms with E-state index >= 15 is 0 Å². The second-order valence-electron chi connectivity index (χ2n) is 2.36. The summed E-state index contributed by atoms with van der Waals surface area (Å²) in [6.07, 6.45) is 0. The van der Waals surface area contributed by atoms with Crippen molar-refractivity contribution in [3.8, 4) is 0 Å². The van der Waals surface area contributed by atoms with E-state index in [2.05, 4.69) is 0 Å². The average molecular weight is 171 g/mol. The van der Waals surface area contributed by atoms with Gasteiger partial charge in [-0.3, -0.25) is 10.0 Å². The highest BCUT2D eigenvalue weighted by Crippen LogP contribution is 2.03.